The van der Waals surface area contributed by atoms with Gasteiger partial charge in [-0.3, -0.25) is 4.79 Å². The van der Waals surface area contributed by atoms with E-state index in [2.05, 4.69) is 5.32 Å². The van der Waals surface area contributed by atoms with Gasteiger partial charge < -0.3 is 10.1 Å². The van der Waals surface area contributed by atoms with Crippen molar-refractivity contribution in [3.63, 3.8) is 0 Å². The van der Waals surface area contributed by atoms with Crippen molar-refractivity contribution < 1.29 is 23.1 Å². The van der Waals surface area contributed by atoms with Crippen molar-refractivity contribution in [3.05, 3.63) is 64.7 Å². The van der Waals surface area contributed by atoms with Crippen molar-refractivity contribution in [2.45, 2.75) is 13.0 Å². The van der Waals surface area contributed by atoms with Crippen LogP contribution in [0.3, 0.4) is 0 Å². The number of carbonyl (C=O) groups excluding carboxylic acids is 2. The molecule has 0 aliphatic carbocycles. The number of amides is 1. The van der Waals surface area contributed by atoms with E-state index in [1.807, 2.05) is 0 Å². The van der Waals surface area contributed by atoms with Gasteiger partial charge in [0, 0.05) is 16.8 Å². The lowest BCUT2D eigenvalue weighted by molar-refractivity contribution is -0.123. The van der Waals surface area contributed by atoms with Gasteiger partial charge in [-0.25, -0.2) is 13.6 Å². The average molecular weight is 340 g/mol. The van der Waals surface area contributed by atoms with Crippen molar-refractivity contribution >= 4 is 29.2 Å². The molecule has 0 bridgehead atoms. The Hall–Kier alpha value is -2.47. The van der Waals surface area contributed by atoms with E-state index in [4.69, 9.17) is 16.3 Å². The van der Waals surface area contributed by atoms with Gasteiger partial charge in [0.2, 0.25) is 0 Å². The molecule has 23 heavy (non-hydrogen) atoms. The normalized spacial score (nSPS) is 11.7. The maximum Gasteiger partial charge on any atom is 0.339 e. The molecular formula is C16H12ClF2NO3. The number of anilines is 1. The highest BCUT2D eigenvalue weighted by molar-refractivity contribution is 6.30. The number of ether oxygens (including phenoxy) is 1. The standard InChI is InChI=1S/C16H12ClF2NO3/c1-9(15(21)20-14-4-2-3-11(17)7-14)23-16(22)10-5-12(18)8-13(19)6-10/h2-9H,1H3,(H,20,21)/t9-/m1/s1. The topological polar surface area (TPSA) is 55.4 Å². The van der Waals surface area contributed by atoms with Crippen LogP contribution >= 0.6 is 11.6 Å². The Morgan fingerprint density at radius 3 is 2.39 bits per heavy atom. The highest BCUT2D eigenvalue weighted by Gasteiger charge is 2.20. The van der Waals surface area contributed by atoms with Crippen molar-refractivity contribution in [3.8, 4) is 0 Å². The van der Waals surface area contributed by atoms with Crippen molar-refractivity contribution in [1.82, 2.24) is 0 Å². The van der Waals surface area contributed by atoms with E-state index in [1.165, 1.54) is 13.0 Å². The molecular weight excluding hydrogens is 328 g/mol. The van der Waals surface area contributed by atoms with Crippen molar-refractivity contribution in [2.24, 2.45) is 0 Å². The highest BCUT2D eigenvalue weighted by atomic mass is 35.5. The number of carbonyl (C=O) groups is 2. The Balaban J connectivity index is 2.01. The Kier molecular flexibility index (Phi) is 5.28. The van der Waals surface area contributed by atoms with Crippen LogP contribution in [0.15, 0.2) is 42.5 Å². The van der Waals surface area contributed by atoms with E-state index in [0.717, 1.165) is 12.1 Å². The molecule has 1 N–H and O–H groups in total. The lowest BCUT2D eigenvalue weighted by Crippen LogP contribution is -2.30. The predicted octanol–water partition coefficient (Wildman–Crippen LogP) is 3.80. The fraction of sp³-hybridized carbons (Fsp3) is 0.125. The maximum absolute atomic E-state index is 13.1. The van der Waals surface area contributed by atoms with Crippen LogP contribution in [0.25, 0.3) is 0 Å². The zero-order valence-corrected chi connectivity index (χ0v) is 12.7. The smallest absolute Gasteiger partial charge is 0.339 e. The van der Waals surface area contributed by atoms with Gasteiger partial charge in [-0.1, -0.05) is 17.7 Å². The SMILES string of the molecule is C[C@@H](OC(=O)c1cc(F)cc(F)c1)C(=O)Nc1cccc(Cl)c1. The third-order valence-electron chi connectivity index (χ3n) is 2.84. The molecule has 2 aromatic carbocycles. The maximum atomic E-state index is 13.1. The molecule has 2 aromatic rings. The monoisotopic (exact) mass is 339 g/mol. The third kappa shape index (κ3) is 4.75. The molecule has 2 rings (SSSR count). The van der Waals surface area contributed by atoms with Gasteiger partial charge in [-0.15, -0.1) is 0 Å². The number of hydrogen-bond acceptors (Lipinski definition) is 3. The van der Waals surface area contributed by atoms with Gasteiger partial charge in [0.1, 0.15) is 11.6 Å². The van der Waals surface area contributed by atoms with E-state index in [9.17, 15) is 18.4 Å². The molecule has 120 valence electrons. The quantitative estimate of drug-likeness (QED) is 0.862. The first-order valence-electron chi connectivity index (χ1n) is 6.58. The van der Waals surface area contributed by atoms with Crippen LogP contribution in [0.2, 0.25) is 5.02 Å². The zero-order valence-electron chi connectivity index (χ0n) is 12.0. The van der Waals surface area contributed by atoms with Crippen LogP contribution in [-0.4, -0.2) is 18.0 Å². The number of rotatable bonds is 4. The summed E-state index contributed by atoms with van der Waals surface area (Å²) in [5.74, 6) is -3.42. The minimum absolute atomic E-state index is 0.315. The second kappa shape index (κ2) is 7.19. The second-order valence-electron chi connectivity index (χ2n) is 4.71. The summed E-state index contributed by atoms with van der Waals surface area (Å²) in [6, 6.07) is 8.70. The van der Waals surface area contributed by atoms with E-state index in [0.29, 0.717) is 16.8 Å². The molecule has 0 radical (unpaired) electrons. The minimum atomic E-state index is -1.16. The summed E-state index contributed by atoms with van der Waals surface area (Å²) in [4.78, 5) is 23.8. The number of esters is 1. The molecule has 0 heterocycles. The first kappa shape index (κ1) is 16.9. The van der Waals surface area contributed by atoms with Crippen LogP contribution in [-0.2, 0) is 9.53 Å². The van der Waals surface area contributed by atoms with Gasteiger partial charge >= 0.3 is 5.97 Å². The molecule has 0 saturated heterocycles. The third-order valence-corrected chi connectivity index (χ3v) is 3.08. The predicted molar refractivity (Wildman–Crippen MR) is 81.3 cm³/mol. The molecule has 7 heteroatoms. The van der Waals surface area contributed by atoms with Gasteiger partial charge in [-0.2, -0.15) is 0 Å². The zero-order chi connectivity index (χ0) is 17.0. The highest BCUT2D eigenvalue weighted by Crippen LogP contribution is 2.16. The Morgan fingerprint density at radius 2 is 1.78 bits per heavy atom. The largest absolute Gasteiger partial charge is 0.449 e. The van der Waals surface area contributed by atoms with Crippen LogP contribution in [0.4, 0.5) is 14.5 Å². The molecule has 0 saturated carbocycles. The van der Waals surface area contributed by atoms with Crippen molar-refractivity contribution in [1.29, 1.82) is 0 Å². The Bertz CT molecular complexity index is 732. The van der Waals surface area contributed by atoms with E-state index < -0.39 is 29.6 Å². The summed E-state index contributed by atoms with van der Waals surface area (Å²) in [7, 11) is 0. The van der Waals surface area contributed by atoms with E-state index in [1.54, 1.807) is 18.2 Å². The lowest BCUT2D eigenvalue weighted by Gasteiger charge is -2.13. The van der Waals surface area contributed by atoms with Crippen LogP contribution in [0.1, 0.15) is 17.3 Å². The van der Waals surface area contributed by atoms with Crippen LogP contribution in [0, 0.1) is 11.6 Å². The van der Waals surface area contributed by atoms with Gasteiger partial charge in [0.25, 0.3) is 5.91 Å². The van der Waals surface area contributed by atoms with E-state index >= 15 is 0 Å². The molecule has 4 nitrogen and oxygen atoms in total. The summed E-state index contributed by atoms with van der Waals surface area (Å²) in [5, 5.41) is 2.95. The summed E-state index contributed by atoms with van der Waals surface area (Å²) in [6.07, 6.45) is -1.16. The summed E-state index contributed by atoms with van der Waals surface area (Å²) in [6.45, 7) is 1.34. The first-order valence-corrected chi connectivity index (χ1v) is 6.96. The summed E-state index contributed by atoms with van der Waals surface area (Å²) < 4.78 is 31.0. The summed E-state index contributed by atoms with van der Waals surface area (Å²) >= 11 is 5.79. The molecule has 0 aliphatic heterocycles. The fourth-order valence-corrected chi connectivity index (χ4v) is 1.95. The minimum Gasteiger partial charge on any atom is -0.449 e. The Morgan fingerprint density at radius 1 is 1.13 bits per heavy atom. The lowest BCUT2D eigenvalue weighted by atomic mass is 10.2. The van der Waals surface area contributed by atoms with Crippen molar-refractivity contribution in [2.75, 3.05) is 5.32 Å². The summed E-state index contributed by atoms with van der Waals surface area (Å²) in [5.41, 5.74) is 0.118. The average Bonchev–Trinajstić information content (AvgIpc) is 2.46. The number of hydrogen-bond donors (Lipinski definition) is 1. The molecule has 1 amide bonds. The first-order chi connectivity index (χ1) is 10.8. The molecule has 0 spiro atoms. The van der Waals surface area contributed by atoms with Gasteiger partial charge in [-0.05, 0) is 37.3 Å². The Labute approximate surface area is 136 Å². The molecule has 0 fully saturated rings. The second-order valence-corrected chi connectivity index (χ2v) is 5.14. The molecule has 0 aromatic heterocycles. The molecule has 1 atom stereocenters. The fourth-order valence-electron chi connectivity index (χ4n) is 1.76. The number of benzene rings is 2. The van der Waals surface area contributed by atoms with Crippen LogP contribution < -0.4 is 5.32 Å². The molecule has 0 unspecified atom stereocenters. The van der Waals surface area contributed by atoms with Gasteiger partial charge in [0.15, 0.2) is 6.10 Å². The number of nitrogens with one attached hydrogen (secondary N) is 1. The van der Waals surface area contributed by atoms with Crippen LogP contribution in [0.5, 0.6) is 0 Å². The van der Waals surface area contributed by atoms with Gasteiger partial charge in [0.05, 0.1) is 5.56 Å². The number of halogens is 3. The molecule has 0 aliphatic rings. The van der Waals surface area contributed by atoms with E-state index in [-0.39, 0.29) is 5.56 Å².